The lowest BCUT2D eigenvalue weighted by Gasteiger charge is -2.20. The first-order chi connectivity index (χ1) is 11.9. The molecule has 8 heteroatoms. The predicted octanol–water partition coefficient (Wildman–Crippen LogP) is 2.37. The summed E-state index contributed by atoms with van der Waals surface area (Å²) in [6, 6.07) is 12.3. The van der Waals surface area contributed by atoms with Crippen LogP contribution in [0.3, 0.4) is 0 Å². The van der Waals surface area contributed by atoms with Crippen LogP contribution in [0.15, 0.2) is 54.4 Å². The van der Waals surface area contributed by atoms with Crippen LogP contribution in [0, 0.1) is 0 Å². The molecule has 0 radical (unpaired) electrons. The van der Waals surface area contributed by atoms with Crippen LogP contribution in [0.2, 0.25) is 0 Å². The van der Waals surface area contributed by atoms with Gasteiger partial charge in [0, 0.05) is 18.1 Å². The Hall–Kier alpha value is -3.00. The second kappa shape index (κ2) is 6.86. The lowest BCUT2D eigenvalue weighted by Crippen LogP contribution is -2.17. The third-order valence-corrected chi connectivity index (χ3v) is 3.97. The summed E-state index contributed by atoms with van der Waals surface area (Å²) in [6.45, 7) is 0. The van der Waals surface area contributed by atoms with Gasteiger partial charge in [0.2, 0.25) is 16.4 Å². The number of nitrogens with one attached hydrogen (secondary N) is 2. The van der Waals surface area contributed by atoms with Gasteiger partial charge in [0.25, 0.3) is 0 Å². The van der Waals surface area contributed by atoms with E-state index >= 15 is 0 Å². The summed E-state index contributed by atoms with van der Waals surface area (Å²) < 4.78 is 37.0. The predicted molar refractivity (Wildman–Crippen MR) is 93.0 cm³/mol. The molecule has 0 fully saturated rings. The molecule has 0 unspecified atom stereocenters. The smallest absolute Gasteiger partial charge is 0.229 e. The summed E-state index contributed by atoms with van der Waals surface area (Å²) >= 11 is 0. The minimum atomic E-state index is -3.50. The van der Waals surface area contributed by atoms with E-state index in [9.17, 15) is 13.2 Å². The molecule has 0 saturated carbocycles. The van der Waals surface area contributed by atoms with Crippen molar-refractivity contribution in [1.82, 2.24) is 5.32 Å². The standard InChI is InChI=1S/C17H16N2O5S/c1-25(21,22)19-15-9-16-12(7-13(10-23-16)18-11-20)8-17(15)24-14-5-3-2-4-6-14/h2-6,8-11,19H,7H2,1H3,(H,18,20). The Morgan fingerprint density at radius 2 is 1.96 bits per heavy atom. The average Bonchev–Trinajstić information content (AvgIpc) is 2.55. The fraction of sp³-hybridized carbons (Fsp3) is 0.118. The molecule has 7 nitrogen and oxygen atoms in total. The number of ether oxygens (including phenoxy) is 2. The van der Waals surface area contributed by atoms with Crippen molar-refractivity contribution < 1.29 is 22.7 Å². The molecule has 0 aromatic heterocycles. The number of hydrogen-bond acceptors (Lipinski definition) is 5. The zero-order chi connectivity index (χ0) is 17.9. The Morgan fingerprint density at radius 3 is 2.64 bits per heavy atom. The van der Waals surface area contributed by atoms with Gasteiger partial charge < -0.3 is 14.8 Å². The average molecular weight is 360 g/mol. The molecule has 1 aliphatic rings. The molecule has 2 aromatic carbocycles. The lowest BCUT2D eigenvalue weighted by molar-refractivity contribution is -0.109. The molecular formula is C17H16N2O5S. The fourth-order valence-electron chi connectivity index (χ4n) is 2.37. The summed E-state index contributed by atoms with van der Waals surface area (Å²) in [5.74, 6) is 1.40. The van der Waals surface area contributed by atoms with Gasteiger partial charge in [-0.3, -0.25) is 9.52 Å². The SMILES string of the molecule is CS(=O)(=O)Nc1cc2c(cc1Oc1ccccc1)CC(NC=O)=CO2. The highest BCUT2D eigenvalue weighted by Crippen LogP contribution is 2.38. The van der Waals surface area contributed by atoms with Gasteiger partial charge in [-0.25, -0.2) is 8.42 Å². The number of benzene rings is 2. The molecule has 0 bridgehead atoms. The molecule has 0 atom stereocenters. The molecular weight excluding hydrogens is 344 g/mol. The van der Waals surface area contributed by atoms with Gasteiger partial charge in [-0.2, -0.15) is 0 Å². The topological polar surface area (TPSA) is 93.7 Å². The molecule has 0 spiro atoms. The first-order valence-electron chi connectivity index (χ1n) is 7.38. The summed E-state index contributed by atoms with van der Waals surface area (Å²) in [6.07, 6.45) is 3.48. The van der Waals surface area contributed by atoms with E-state index in [2.05, 4.69) is 10.0 Å². The van der Waals surface area contributed by atoms with Crippen molar-refractivity contribution in [1.29, 1.82) is 0 Å². The van der Waals surface area contributed by atoms with Crippen molar-refractivity contribution >= 4 is 22.1 Å². The summed E-state index contributed by atoms with van der Waals surface area (Å²) in [5.41, 5.74) is 1.62. The zero-order valence-electron chi connectivity index (χ0n) is 13.4. The van der Waals surface area contributed by atoms with Crippen molar-refractivity contribution in [3.63, 3.8) is 0 Å². The monoisotopic (exact) mass is 360 g/mol. The number of amides is 1. The van der Waals surface area contributed by atoms with Gasteiger partial charge >= 0.3 is 0 Å². The third-order valence-electron chi connectivity index (χ3n) is 3.38. The molecule has 1 amide bonds. The van der Waals surface area contributed by atoms with E-state index in [0.717, 1.165) is 11.8 Å². The number of carbonyl (C=O) groups is 1. The minimum absolute atomic E-state index is 0.269. The van der Waals surface area contributed by atoms with Crippen LogP contribution >= 0.6 is 0 Å². The van der Waals surface area contributed by atoms with Crippen LogP contribution in [0.1, 0.15) is 5.56 Å². The highest BCUT2D eigenvalue weighted by atomic mass is 32.2. The highest BCUT2D eigenvalue weighted by molar-refractivity contribution is 7.92. The van der Waals surface area contributed by atoms with Crippen LogP contribution in [0.5, 0.6) is 17.2 Å². The maximum atomic E-state index is 11.6. The number of anilines is 1. The van der Waals surface area contributed by atoms with E-state index in [1.54, 1.807) is 24.3 Å². The molecule has 2 aromatic rings. The Morgan fingerprint density at radius 1 is 1.20 bits per heavy atom. The molecule has 2 N–H and O–H groups in total. The Kier molecular flexibility index (Phi) is 4.62. The van der Waals surface area contributed by atoms with Gasteiger partial charge in [-0.1, -0.05) is 18.2 Å². The lowest BCUT2D eigenvalue weighted by atomic mass is 10.1. The van der Waals surface area contributed by atoms with Crippen molar-refractivity contribution in [2.75, 3.05) is 11.0 Å². The van der Waals surface area contributed by atoms with Crippen molar-refractivity contribution in [3.8, 4) is 17.2 Å². The molecule has 0 aliphatic carbocycles. The quantitative estimate of drug-likeness (QED) is 0.772. The Bertz CT molecular complexity index is 924. The van der Waals surface area contributed by atoms with Gasteiger partial charge in [-0.05, 0) is 18.2 Å². The zero-order valence-corrected chi connectivity index (χ0v) is 14.2. The molecule has 1 aliphatic heterocycles. The summed E-state index contributed by atoms with van der Waals surface area (Å²) in [7, 11) is -3.50. The van der Waals surface area contributed by atoms with Crippen molar-refractivity contribution in [2.24, 2.45) is 0 Å². The van der Waals surface area contributed by atoms with Gasteiger partial charge in [0.1, 0.15) is 17.8 Å². The van der Waals surface area contributed by atoms with E-state index in [0.29, 0.717) is 35.8 Å². The van der Waals surface area contributed by atoms with Crippen LogP contribution < -0.4 is 19.5 Å². The molecule has 0 saturated heterocycles. The third kappa shape index (κ3) is 4.30. The minimum Gasteiger partial charge on any atom is -0.463 e. The number of fused-ring (bicyclic) bond motifs is 1. The van der Waals surface area contributed by atoms with Crippen LogP contribution in [0.4, 0.5) is 5.69 Å². The Labute approximate surface area is 145 Å². The maximum absolute atomic E-state index is 11.6. The van der Waals surface area contributed by atoms with Crippen LogP contribution in [-0.2, 0) is 21.2 Å². The Balaban J connectivity index is 1.99. The number of sulfonamides is 1. The number of allylic oxidation sites excluding steroid dienone is 1. The largest absolute Gasteiger partial charge is 0.463 e. The number of para-hydroxylation sites is 1. The van der Waals surface area contributed by atoms with E-state index in [4.69, 9.17) is 9.47 Å². The maximum Gasteiger partial charge on any atom is 0.229 e. The van der Waals surface area contributed by atoms with E-state index in [1.165, 1.54) is 6.26 Å². The highest BCUT2D eigenvalue weighted by Gasteiger charge is 2.19. The van der Waals surface area contributed by atoms with Crippen LogP contribution in [-0.4, -0.2) is 21.1 Å². The van der Waals surface area contributed by atoms with E-state index < -0.39 is 10.0 Å². The summed E-state index contributed by atoms with van der Waals surface area (Å²) in [4.78, 5) is 10.6. The first-order valence-corrected chi connectivity index (χ1v) is 9.27. The summed E-state index contributed by atoms with van der Waals surface area (Å²) in [5, 5.41) is 2.55. The fourth-order valence-corrected chi connectivity index (χ4v) is 2.93. The molecule has 1 heterocycles. The second-order valence-corrected chi connectivity index (χ2v) is 7.19. The molecule has 25 heavy (non-hydrogen) atoms. The molecule has 3 rings (SSSR count). The molecule has 130 valence electrons. The number of hydrogen-bond donors (Lipinski definition) is 2. The first kappa shape index (κ1) is 16.8. The van der Waals surface area contributed by atoms with Gasteiger partial charge in [0.15, 0.2) is 5.75 Å². The number of rotatable bonds is 6. The van der Waals surface area contributed by atoms with Crippen LogP contribution in [0.25, 0.3) is 0 Å². The van der Waals surface area contributed by atoms with Gasteiger partial charge in [0.05, 0.1) is 17.6 Å². The van der Waals surface area contributed by atoms with Crippen molar-refractivity contribution in [3.05, 3.63) is 60.0 Å². The van der Waals surface area contributed by atoms with Gasteiger partial charge in [-0.15, -0.1) is 0 Å². The normalized spacial score (nSPS) is 13.1. The second-order valence-electron chi connectivity index (χ2n) is 5.45. The van der Waals surface area contributed by atoms with E-state index in [-0.39, 0.29) is 5.69 Å². The van der Waals surface area contributed by atoms with Crippen molar-refractivity contribution in [2.45, 2.75) is 6.42 Å². The van der Waals surface area contributed by atoms with E-state index in [1.807, 2.05) is 18.2 Å². The number of carbonyl (C=O) groups excluding carboxylic acids is 1.